The molecule has 1 aliphatic heterocycles. The van der Waals surface area contributed by atoms with Gasteiger partial charge in [-0.3, -0.25) is 14.8 Å². The molecule has 0 radical (unpaired) electrons. The van der Waals surface area contributed by atoms with Crippen LogP contribution in [0.3, 0.4) is 0 Å². The number of anilines is 1. The molecule has 2 aromatic rings. The zero-order valence-electron chi connectivity index (χ0n) is 17.9. The SMILES string of the molecule is CN(C)[C@]1(c2cccc(F)c2)CC[C@@]2(CC1)CN(c1cnccc1S(C)(=O)=O)C(=O)N2. The van der Waals surface area contributed by atoms with Crippen LogP contribution in [0.4, 0.5) is 14.9 Å². The number of benzene rings is 1. The lowest BCUT2D eigenvalue weighted by molar-refractivity contribution is 0.0655. The molecule has 1 aliphatic carbocycles. The van der Waals surface area contributed by atoms with E-state index in [0.717, 1.165) is 24.7 Å². The Hall–Kier alpha value is -2.52. The van der Waals surface area contributed by atoms with Gasteiger partial charge in [0, 0.05) is 18.0 Å². The van der Waals surface area contributed by atoms with Crippen LogP contribution in [0.2, 0.25) is 0 Å². The highest BCUT2D eigenvalue weighted by Gasteiger charge is 2.50. The monoisotopic (exact) mass is 446 g/mol. The van der Waals surface area contributed by atoms with Gasteiger partial charge >= 0.3 is 6.03 Å². The number of amides is 2. The van der Waals surface area contributed by atoms with E-state index < -0.39 is 15.4 Å². The van der Waals surface area contributed by atoms with Crippen molar-refractivity contribution in [2.75, 3.05) is 31.8 Å². The molecule has 7 nitrogen and oxygen atoms in total. The molecular weight excluding hydrogens is 419 g/mol. The molecule has 1 spiro atoms. The molecule has 0 unspecified atom stereocenters. The summed E-state index contributed by atoms with van der Waals surface area (Å²) in [7, 11) is 0.483. The molecular formula is C22H27FN4O3S. The average molecular weight is 447 g/mol. The Morgan fingerprint density at radius 2 is 1.87 bits per heavy atom. The van der Waals surface area contributed by atoms with Crippen LogP contribution >= 0.6 is 0 Å². The number of halogens is 1. The molecule has 1 saturated carbocycles. The van der Waals surface area contributed by atoms with Crippen molar-refractivity contribution in [1.29, 1.82) is 0 Å². The van der Waals surface area contributed by atoms with Gasteiger partial charge in [-0.2, -0.15) is 0 Å². The fourth-order valence-corrected chi connectivity index (χ4v) is 5.84. The smallest absolute Gasteiger partial charge is 0.322 e. The molecule has 0 bridgehead atoms. The molecule has 2 aliphatic rings. The lowest BCUT2D eigenvalue weighted by Crippen LogP contribution is -2.54. The van der Waals surface area contributed by atoms with Gasteiger partial charge < -0.3 is 5.32 Å². The Balaban J connectivity index is 1.61. The number of urea groups is 1. The van der Waals surface area contributed by atoms with Crippen LogP contribution in [-0.4, -0.2) is 56.8 Å². The number of carbonyl (C=O) groups excluding carboxylic acids is 1. The second-order valence-corrected chi connectivity index (χ2v) is 10.8. The summed E-state index contributed by atoms with van der Waals surface area (Å²) in [6.07, 6.45) is 6.83. The Morgan fingerprint density at radius 1 is 1.16 bits per heavy atom. The minimum absolute atomic E-state index is 0.0907. The molecule has 1 aromatic carbocycles. The van der Waals surface area contributed by atoms with Crippen LogP contribution in [0.5, 0.6) is 0 Å². The number of hydrogen-bond donors (Lipinski definition) is 1. The molecule has 2 heterocycles. The summed E-state index contributed by atoms with van der Waals surface area (Å²) in [6.45, 7) is 0.368. The van der Waals surface area contributed by atoms with Crippen LogP contribution in [-0.2, 0) is 15.4 Å². The van der Waals surface area contributed by atoms with Crippen LogP contribution in [0.1, 0.15) is 31.2 Å². The molecule has 1 aromatic heterocycles. The average Bonchev–Trinajstić information content (AvgIpc) is 3.04. The van der Waals surface area contributed by atoms with Gasteiger partial charge in [-0.25, -0.2) is 17.6 Å². The number of hydrogen-bond acceptors (Lipinski definition) is 5. The third-order valence-electron chi connectivity index (χ3n) is 6.78. The van der Waals surface area contributed by atoms with Gasteiger partial charge in [-0.1, -0.05) is 12.1 Å². The predicted octanol–water partition coefficient (Wildman–Crippen LogP) is 2.92. The van der Waals surface area contributed by atoms with Crippen molar-refractivity contribution < 1.29 is 17.6 Å². The number of sulfone groups is 1. The van der Waals surface area contributed by atoms with Gasteiger partial charge in [0.2, 0.25) is 0 Å². The lowest BCUT2D eigenvalue weighted by Gasteiger charge is -2.48. The van der Waals surface area contributed by atoms with Crippen molar-refractivity contribution >= 4 is 21.6 Å². The van der Waals surface area contributed by atoms with Crippen molar-refractivity contribution in [2.24, 2.45) is 0 Å². The summed E-state index contributed by atoms with van der Waals surface area (Å²) in [5, 5.41) is 3.11. The summed E-state index contributed by atoms with van der Waals surface area (Å²) in [5.41, 5.74) is 0.445. The van der Waals surface area contributed by atoms with Crippen LogP contribution in [0.15, 0.2) is 47.6 Å². The minimum Gasteiger partial charge on any atom is -0.330 e. The highest BCUT2D eigenvalue weighted by Crippen LogP contribution is 2.46. The summed E-state index contributed by atoms with van der Waals surface area (Å²) in [6, 6.07) is 7.82. The fourth-order valence-electron chi connectivity index (χ4n) is 4.99. The highest BCUT2D eigenvalue weighted by atomic mass is 32.2. The van der Waals surface area contributed by atoms with E-state index in [1.165, 1.54) is 29.4 Å². The molecule has 166 valence electrons. The summed E-state index contributed by atoms with van der Waals surface area (Å²) < 4.78 is 38.4. The lowest BCUT2D eigenvalue weighted by atomic mass is 9.69. The molecule has 4 rings (SSSR count). The third kappa shape index (κ3) is 3.80. The first-order valence-corrected chi connectivity index (χ1v) is 12.1. The van der Waals surface area contributed by atoms with Gasteiger partial charge in [0.25, 0.3) is 0 Å². The number of nitrogens with zero attached hydrogens (tertiary/aromatic N) is 3. The fraction of sp³-hybridized carbons (Fsp3) is 0.455. The predicted molar refractivity (Wildman–Crippen MR) is 116 cm³/mol. The second kappa shape index (κ2) is 7.56. The number of carbonyl (C=O) groups is 1. The summed E-state index contributed by atoms with van der Waals surface area (Å²) in [4.78, 5) is 20.6. The standard InChI is InChI=1S/C22H27FN4O3S/c1-26(2)22(16-5-4-6-17(23)13-16)10-8-21(9-11-22)15-27(20(28)25-21)18-14-24-12-7-19(18)31(3,29)30/h4-7,12-14H,8-11,15H2,1-3H3,(H,25,28)/t21-,22-. The Labute approximate surface area is 182 Å². The van der Waals surface area contributed by atoms with E-state index in [9.17, 15) is 17.6 Å². The molecule has 1 N–H and O–H groups in total. The maximum atomic E-state index is 13.9. The molecule has 9 heteroatoms. The van der Waals surface area contributed by atoms with E-state index >= 15 is 0 Å². The zero-order valence-corrected chi connectivity index (χ0v) is 18.7. The van der Waals surface area contributed by atoms with Crippen LogP contribution in [0.25, 0.3) is 0 Å². The van der Waals surface area contributed by atoms with Crippen molar-refractivity contribution in [2.45, 2.75) is 41.7 Å². The Kier molecular flexibility index (Phi) is 5.29. The quantitative estimate of drug-likeness (QED) is 0.781. The maximum absolute atomic E-state index is 13.9. The first-order valence-electron chi connectivity index (χ1n) is 10.2. The number of aromatic nitrogens is 1. The van der Waals surface area contributed by atoms with Crippen LogP contribution in [0, 0.1) is 5.82 Å². The van der Waals surface area contributed by atoms with Crippen molar-refractivity contribution in [3.05, 3.63) is 54.1 Å². The van der Waals surface area contributed by atoms with Crippen LogP contribution < -0.4 is 10.2 Å². The minimum atomic E-state index is -3.51. The van der Waals surface area contributed by atoms with Crippen molar-refractivity contribution in [3.63, 3.8) is 0 Å². The summed E-state index contributed by atoms with van der Waals surface area (Å²) >= 11 is 0. The number of pyridine rings is 1. The van der Waals surface area contributed by atoms with E-state index in [4.69, 9.17) is 0 Å². The van der Waals surface area contributed by atoms with E-state index in [2.05, 4.69) is 15.2 Å². The highest BCUT2D eigenvalue weighted by molar-refractivity contribution is 7.90. The Bertz CT molecular complexity index is 1110. The van der Waals surface area contributed by atoms with Crippen molar-refractivity contribution in [1.82, 2.24) is 15.2 Å². The van der Waals surface area contributed by atoms with E-state index in [0.29, 0.717) is 25.1 Å². The van der Waals surface area contributed by atoms with E-state index in [1.807, 2.05) is 20.2 Å². The number of rotatable bonds is 4. The first-order chi connectivity index (χ1) is 14.6. The van der Waals surface area contributed by atoms with Gasteiger partial charge in [0.05, 0.1) is 28.9 Å². The molecule has 2 fully saturated rings. The van der Waals surface area contributed by atoms with Gasteiger partial charge in [-0.15, -0.1) is 0 Å². The van der Waals surface area contributed by atoms with Gasteiger partial charge in [0.15, 0.2) is 9.84 Å². The summed E-state index contributed by atoms with van der Waals surface area (Å²) in [5.74, 6) is -0.260. The third-order valence-corrected chi connectivity index (χ3v) is 7.93. The second-order valence-electron chi connectivity index (χ2n) is 8.85. The van der Waals surface area contributed by atoms with Gasteiger partial charge in [-0.05, 0) is 63.5 Å². The molecule has 1 saturated heterocycles. The zero-order chi connectivity index (χ0) is 22.4. The van der Waals surface area contributed by atoms with E-state index in [-0.39, 0.29) is 22.3 Å². The Morgan fingerprint density at radius 3 is 2.48 bits per heavy atom. The normalized spacial score (nSPS) is 26.5. The van der Waals surface area contributed by atoms with E-state index in [1.54, 1.807) is 12.1 Å². The maximum Gasteiger partial charge on any atom is 0.322 e. The first kappa shape index (κ1) is 21.7. The largest absolute Gasteiger partial charge is 0.330 e. The number of nitrogens with one attached hydrogen (secondary N) is 1. The van der Waals surface area contributed by atoms with Gasteiger partial charge in [0.1, 0.15) is 5.82 Å². The molecule has 2 amide bonds. The molecule has 31 heavy (non-hydrogen) atoms. The topological polar surface area (TPSA) is 82.6 Å². The molecule has 0 atom stereocenters. The van der Waals surface area contributed by atoms with Crippen molar-refractivity contribution in [3.8, 4) is 0 Å².